The topological polar surface area (TPSA) is 55.4 Å². The molecular formula is C18H33NO3. The van der Waals surface area contributed by atoms with Crippen LogP contribution in [0.3, 0.4) is 0 Å². The first kappa shape index (κ1) is 20.7. The third-order valence-electron chi connectivity index (χ3n) is 3.49. The molecule has 128 valence electrons. The number of ether oxygens (including phenoxy) is 1. The fourth-order valence-corrected chi connectivity index (χ4v) is 2.22. The Morgan fingerprint density at radius 3 is 1.91 bits per heavy atom. The van der Waals surface area contributed by atoms with E-state index in [1.165, 1.54) is 57.4 Å². The predicted octanol–water partition coefficient (Wildman–Crippen LogP) is 4.14. The summed E-state index contributed by atoms with van der Waals surface area (Å²) >= 11 is 0. The van der Waals surface area contributed by atoms with Crippen LogP contribution in [0, 0.1) is 0 Å². The Hall–Kier alpha value is -1.32. The number of esters is 1. The Morgan fingerprint density at radius 1 is 0.818 bits per heavy atom. The van der Waals surface area contributed by atoms with Gasteiger partial charge in [0.1, 0.15) is 0 Å². The van der Waals surface area contributed by atoms with Crippen LogP contribution in [0.5, 0.6) is 0 Å². The summed E-state index contributed by atoms with van der Waals surface area (Å²) in [6.07, 6.45) is 15.2. The van der Waals surface area contributed by atoms with Crippen molar-refractivity contribution in [3.8, 4) is 0 Å². The molecule has 1 N–H and O–H groups in total. The molecule has 0 radical (unpaired) electrons. The highest BCUT2D eigenvalue weighted by Crippen LogP contribution is 2.10. The predicted molar refractivity (Wildman–Crippen MR) is 90.6 cm³/mol. The monoisotopic (exact) mass is 311 g/mol. The molecule has 0 heterocycles. The molecule has 0 rings (SSSR count). The van der Waals surface area contributed by atoms with E-state index in [0.717, 1.165) is 18.9 Å². The maximum absolute atomic E-state index is 11.4. The minimum absolute atomic E-state index is 0.232. The minimum Gasteiger partial charge on any atom is -0.463 e. The number of carbonyl (C=O) groups is 2. The van der Waals surface area contributed by atoms with Crippen molar-refractivity contribution in [2.24, 2.45) is 0 Å². The molecule has 1 amide bonds. The maximum Gasteiger partial charge on any atom is 0.330 e. The van der Waals surface area contributed by atoms with Crippen molar-refractivity contribution in [2.45, 2.75) is 78.1 Å². The molecule has 0 saturated carbocycles. The Balaban J connectivity index is 3.32. The summed E-state index contributed by atoms with van der Waals surface area (Å²) in [6, 6.07) is 0. The fraction of sp³-hybridized carbons (Fsp3) is 0.778. The lowest BCUT2D eigenvalue weighted by molar-refractivity contribution is -0.137. The molecule has 0 bridgehead atoms. The average Bonchev–Trinajstić information content (AvgIpc) is 2.51. The van der Waals surface area contributed by atoms with Crippen LogP contribution in [0.25, 0.3) is 0 Å². The van der Waals surface area contributed by atoms with Gasteiger partial charge in [-0.1, -0.05) is 64.7 Å². The molecular weight excluding hydrogens is 278 g/mol. The second kappa shape index (κ2) is 16.1. The van der Waals surface area contributed by atoms with Crippen molar-refractivity contribution in [3.05, 3.63) is 12.2 Å². The summed E-state index contributed by atoms with van der Waals surface area (Å²) in [7, 11) is 0. The molecule has 0 spiro atoms. The van der Waals surface area contributed by atoms with Crippen LogP contribution in [0.4, 0.5) is 0 Å². The Labute approximate surface area is 135 Å². The minimum atomic E-state index is -0.475. The first-order valence-electron chi connectivity index (χ1n) is 8.83. The standard InChI is InChI=1S/C18H33NO3/c1-3-5-6-7-8-9-10-11-12-13-16-19-17(20)14-15-18(21)22-4-2/h14-15H,3-13,16H2,1-2H3,(H,19,20)/b15-14+. The largest absolute Gasteiger partial charge is 0.463 e. The second-order valence-electron chi connectivity index (χ2n) is 5.56. The van der Waals surface area contributed by atoms with E-state index < -0.39 is 5.97 Å². The normalized spacial score (nSPS) is 10.8. The van der Waals surface area contributed by atoms with Gasteiger partial charge in [-0.15, -0.1) is 0 Å². The van der Waals surface area contributed by atoms with Crippen LogP contribution in [-0.4, -0.2) is 25.0 Å². The summed E-state index contributed by atoms with van der Waals surface area (Å²) in [4.78, 5) is 22.4. The van der Waals surface area contributed by atoms with Gasteiger partial charge >= 0.3 is 5.97 Å². The number of hydrogen-bond donors (Lipinski definition) is 1. The number of rotatable bonds is 14. The number of nitrogens with one attached hydrogen (secondary N) is 1. The molecule has 0 aromatic carbocycles. The summed E-state index contributed by atoms with van der Waals surface area (Å²) < 4.78 is 4.70. The fourth-order valence-electron chi connectivity index (χ4n) is 2.22. The number of carbonyl (C=O) groups excluding carboxylic acids is 2. The first-order valence-corrected chi connectivity index (χ1v) is 8.83. The van der Waals surface area contributed by atoms with Gasteiger partial charge in [-0.3, -0.25) is 4.79 Å². The molecule has 0 saturated heterocycles. The van der Waals surface area contributed by atoms with Crippen LogP contribution in [-0.2, 0) is 14.3 Å². The molecule has 0 aromatic heterocycles. The van der Waals surface area contributed by atoms with Crippen molar-refractivity contribution in [3.63, 3.8) is 0 Å². The van der Waals surface area contributed by atoms with Crippen molar-refractivity contribution >= 4 is 11.9 Å². The second-order valence-corrected chi connectivity index (χ2v) is 5.56. The molecule has 4 nitrogen and oxygen atoms in total. The van der Waals surface area contributed by atoms with Crippen LogP contribution in [0.2, 0.25) is 0 Å². The van der Waals surface area contributed by atoms with Crippen LogP contribution < -0.4 is 5.32 Å². The summed E-state index contributed by atoms with van der Waals surface area (Å²) in [6.45, 7) is 4.97. The smallest absolute Gasteiger partial charge is 0.330 e. The van der Waals surface area contributed by atoms with Gasteiger partial charge in [-0.25, -0.2) is 4.79 Å². The third-order valence-corrected chi connectivity index (χ3v) is 3.49. The van der Waals surface area contributed by atoms with Gasteiger partial charge in [0, 0.05) is 18.7 Å². The Kier molecular flexibility index (Phi) is 15.1. The van der Waals surface area contributed by atoms with Gasteiger partial charge < -0.3 is 10.1 Å². The lowest BCUT2D eigenvalue weighted by Crippen LogP contribution is -2.22. The van der Waals surface area contributed by atoms with Crippen LogP contribution >= 0.6 is 0 Å². The summed E-state index contributed by atoms with van der Waals surface area (Å²) in [5.74, 6) is -0.708. The van der Waals surface area contributed by atoms with Crippen LogP contribution in [0.1, 0.15) is 78.1 Å². The van der Waals surface area contributed by atoms with Crippen molar-refractivity contribution in [1.29, 1.82) is 0 Å². The highest BCUT2D eigenvalue weighted by Gasteiger charge is 1.98. The van der Waals surface area contributed by atoms with Gasteiger partial charge in [0.2, 0.25) is 5.91 Å². The SMILES string of the molecule is CCCCCCCCCCCCNC(=O)/C=C/C(=O)OCC. The quantitative estimate of drug-likeness (QED) is 0.298. The molecule has 4 heteroatoms. The lowest BCUT2D eigenvalue weighted by atomic mass is 10.1. The van der Waals surface area contributed by atoms with E-state index in [4.69, 9.17) is 4.74 Å². The van der Waals surface area contributed by atoms with E-state index in [1.807, 2.05) is 0 Å². The molecule has 0 fully saturated rings. The number of unbranched alkanes of at least 4 members (excludes halogenated alkanes) is 9. The number of amides is 1. The van der Waals surface area contributed by atoms with E-state index in [2.05, 4.69) is 12.2 Å². The molecule has 0 atom stereocenters. The summed E-state index contributed by atoms with van der Waals surface area (Å²) in [5, 5.41) is 2.77. The van der Waals surface area contributed by atoms with Crippen LogP contribution in [0.15, 0.2) is 12.2 Å². The Bertz CT molecular complexity index is 313. The lowest BCUT2D eigenvalue weighted by Gasteiger charge is -2.03. The molecule has 0 aromatic rings. The van der Waals surface area contributed by atoms with Crippen molar-refractivity contribution in [1.82, 2.24) is 5.32 Å². The van der Waals surface area contributed by atoms with E-state index >= 15 is 0 Å². The van der Waals surface area contributed by atoms with E-state index in [9.17, 15) is 9.59 Å². The van der Waals surface area contributed by atoms with Gasteiger partial charge in [0.05, 0.1) is 6.61 Å². The van der Waals surface area contributed by atoms with Gasteiger partial charge in [-0.2, -0.15) is 0 Å². The first-order chi connectivity index (χ1) is 10.7. The molecule has 0 aliphatic carbocycles. The van der Waals surface area contributed by atoms with E-state index in [0.29, 0.717) is 13.2 Å². The molecule has 0 unspecified atom stereocenters. The zero-order valence-electron chi connectivity index (χ0n) is 14.4. The average molecular weight is 311 g/mol. The zero-order valence-corrected chi connectivity index (χ0v) is 14.4. The summed E-state index contributed by atoms with van der Waals surface area (Å²) in [5.41, 5.74) is 0. The van der Waals surface area contributed by atoms with Gasteiger partial charge in [-0.05, 0) is 13.3 Å². The zero-order chi connectivity index (χ0) is 16.5. The highest BCUT2D eigenvalue weighted by molar-refractivity contribution is 5.94. The van der Waals surface area contributed by atoms with Crippen molar-refractivity contribution in [2.75, 3.05) is 13.2 Å². The third kappa shape index (κ3) is 15.1. The van der Waals surface area contributed by atoms with Gasteiger partial charge in [0.15, 0.2) is 0 Å². The van der Waals surface area contributed by atoms with E-state index in [1.54, 1.807) is 6.92 Å². The highest BCUT2D eigenvalue weighted by atomic mass is 16.5. The Morgan fingerprint density at radius 2 is 1.36 bits per heavy atom. The molecule has 0 aliphatic rings. The number of hydrogen-bond acceptors (Lipinski definition) is 3. The molecule has 0 aliphatic heterocycles. The van der Waals surface area contributed by atoms with Crippen molar-refractivity contribution < 1.29 is 14.3 Å². The van der Waals surface area contributed by atoms with E-state index in [-0.39, 0.29) is 5.91 Å². The molecule has 22 heavy (non-hydrogen) atoms. The maximum atomic E-state index is 11.4. The van der Waals surface area contributed by atoms with Gasteiger partial charge in [0.25, 0.3) is 0 Å².